The molecule has 0 aliphatic heterocycles. The summed E-state index contributed by atoms with van der Waals surface area (Å²) in [6.07, 6.45) is 0. The first-order chi connectivity index (χ1) is 11.7. The molecule has 5 nitrogen and oxygen atoms in total. The van der Waals surface area contributed by atoms with E-state index in [-0.39, 0.29) is 5.88 Å². The minimum Gasteiger partial charge on any atom is -0.493 e. The third kappa shape index (κ3) is 2.47. The van der Waals surface area contributed by atoms with Gasteiger partial charge in [0.1, 0.15) is 0 Å². The van der Waals surface area contributed by atoms with Gasteiger partial charge in [-0.15, -0.1) is 21.6 Å². The summed E-state index contributed by atoms with van der Waals surface area (Å²) in [6.45, 7) is 0. The molecule has 0 unspecified atom stereocenters. The minimum absolute atomic E-state index is 0.0970. The molecule has 0 aliphatic rings. The van der Waals surface area contributed by atoms with Crippen LogP contribution in [0.25, 0.3) is 22.2 Å². The first kappa shape index (κ1) is 14.6. The summed E-state index contributed by atoms with van der Waals surface area (Å²) in [5.41, 5.74) is 3.29. The van der Waals surface area contributed by atoms with Crippen molar-refractivity contribution in [2.24, 2.45) is 17.3 Å². The zero-order valence-electron chi connectivity index (χ0n) is 12.9. The van der Waals surface area contributed by atoms with Crippen LogP contribution in [-0.2, 0) is 7.05 Å². The van der Waals surface area contributed by atoms with Crippen LogP contribution in [0, 0.1) is 0 Å². The number of hydrogen-bond donors (Lipinski definition) is 1. The second-order valence-electron chi connectivity index (χ2n) is 5.33. The van der Waals surface area contributed by atoms with E-state index < -0.39 is 0 Å². The number of para-hydroxylation sites is 1. The number of thiazole rings is 1. The normalized spacial score (nSPS) is 11.5. The van der Waals surface area contributed by atoms with Crippen LogP contribution in [0.5, 0.6) is 5.88 Å². The topological polar surface area (TPSA) is 62.8 Å². The lowest BCUT2D eigenvalue weighted by atomic mass is 10.2. The van der Waals surface area contributed by atoms with E-state index in [2.05, 4.69) is 15.2 Å². The molecule has 0 atom stereocenters. The lowest BCUT2D eigenvalue weighted by Gasteiger charge is -1.95. The average molecular weight is 334 g/mol. The van der Waals surface area contributed by atoms with Gasteiger partial charge in [0.25, 0.3) is 0 Å². The van der Waals surface area contributed by atoms with Gasteiger partial charge in [-0.3, -0.25) is 0 Å². The summed E-state index contributed by atoms with van der Waals surface area (Å²) >= 11 is 1.42. The standard InChI is InChI=1S/C18H14N4OS/c1-22-15-10-6-5-9-13(15)16(17(22)23)20-21-18-19-14(11-24-18)12-7-3-2-4-8-12/h2-11,23H,1H3. The van der Waals surface area contributed by atoms with Gasteiger partial charge in [-0.1, -0.05) is 48.5 Å². The highest BCUT2D eigenvalue weighted by atomic mass is 32.1. The van der Waals surface area contributed by atoms with Crippen LogP contribution in [-0.4, -0.2) is 14.7 Å². The monoisotopic (exact) mass is 334 g/mol. The van der Waals surface area contributed by atoms with Gasteiger partial charge in [-0.25, -0.2) is 4.98 Å². The van der Waals surface area contributed by atoms with E-state index in [1.807, 2.05) is 60.0 Å². The lowest BCUT2D eigenvalue weighted by molar-refractivity contribution is 0.436. The zero-order chi connectivity index (χ0) is 16.5. The van der Waals surface area contributed by atoms with Crippen molar-refractivity contribution in [3.05, 3.63) is 60.0 Å². The lowest BCUT2D eigenvalue weighted by Crippen LogP contribution is -1.84. The summed E-state index contributed by atoms with van der Waals surface area (Å²) in [6, 6.07) is 17.6. The Morgan fingerprint density at radius 2 is 1.75 bits per heavy atom. The molecule has 2 aromatic carbocycles. The molecule has 6 heteroatoms. The second kappa shape index (κ2) is 5.90. The van der Waals surface area contributed by atoms with Crippen LogP contribution >= 0.6 is 11.3 Å². The number of rotatable bonds is 3. The number of aromatic hydroxyl groups is 1. The summed E-state index contributed by atoms with van der Waals surface area (Å²) < 4.78 is 1.70. The predicted molar refractivity (Wildman–Crippen MR) is 96.3 cm³/mol. The van der Waals surface area contributed by atoms with Crippen molar-refractivity contribution in [1.29, 1.82) is 0 Å². The summed E-state index contributed by atoms with van der Waals surface area (Å²) in [4.78, 5) is 4.48. The van der Waals surface area contributed by atoms with Crippen molar-refractivity contribution >= 4 is 33.1 Å². The molecule has 118 valence electrons. The number of aromatic nitrogens is 2. The van der Waals surface area contributed by atoms with Gasteiger partial charge in [0, 0.05) is 23.4 Å². The van der Waals surface area contributed by atoms with Crippen molar-refractivity contribution < 1.29 is 5.11 Å². The average Bonchev–Trinajstić information content (AvgIpc) is 3.19. The minimum atomic E-state index is 0.0970. The second-order valence-corrected chi connectivity index (χ2v) is 6.17. The molecule has 0 saturated heterocycles. The number of hydrogen-bond acceptors (Lipinski definition) is 5. The maximum Gasteiger partial charge on any atom is 0.230 e. The fourth-order valence-corrected chi connectivity index (χ4v) is 3.25. The first-order valence-electron chi connectivity index (χ1n) is 7.43. The SMILES string of the molecule is Cn1c(O)c(N=Nc2nc(-c3ccccc3)cs2)c2ccccc21. The van der Waals surface area contributed by atoms with Crippen molar-refractivity contribution in [3.8, 4) is 17.1 Å². The molecule has 2 aromatic heterocycles. The largest absolute Gasteiger partial charge is 0.493 e. The Hall–Kier alpha value is -2.99. The molecule has 4 aromatic rings. The van der Waals surface area contributed by atoms with Gasteiger partial charge >= 0.3 is 0 Å². The molecule has 0 bridgehead atoms. The van der Waals surface area contributed by atoms with Crippen LogP contribution in [0.3, 0.4) is 0 Å². The molecule has 1 N–H and O–H groups in total. The highest BCUT2D eigenvalue weighted by Gasteiger charge is 2.13. The predicted octanol–water partition coefficient (Wildman–Crippen LogP) is 5.42. The number of aryl methyl sites for hydroxylation is 1. The molecule has 0 saturated carbocycles. The summed E-state index contributed by atoms with van der Waals surface area (Å²) in [5.74, 6) is 0.0970. The molecule has 24 heavy (non-hydrogen) atoms. The van der Waals surface area contributed by atoms with Crippen LogP contribution < -0.4 is 0 Å². The molecule has 0 amide bonds. The Labute approximate surface area is 142 Å². The molecule has 0 aliphatic carbocycles. The Morgan fingerprint density at radius 1 is 1.00 bits per heavy atom. The van der Waals surface area contributed by atoms with Gasteiger partial charge < -0.3 is 9.67 Å². The fraction of sp³-hybridized carbons (Fsp3) is 0.0556. The Kier molecular flexibility index (Phi) is 3.59. The molecule has 0 radical (unpaired) electrons. The van der Waals surface area contributed by atoms with E-state index in [1.54, 1.807) is 11.6 Å². The highest BCUT2D eigenvalue weighted by Crippen LogP contribution is 2.39. The van der Waals surface area contributed by atoms with Crippen molar-refractivity contribution in [1.82, 2.24) is 9.55 Å². The van der Waals surface area contributed by atoms with E-state index in [9.17, 15) is 5.11 Å². The fourth-order valence-electron chi connectivity index (χ4n) is 2.60. The number of fused-ring (bicyclic) bond motifs is 1. The van der Waals surface area contributed by atoms with Gasteiger partial charge in [-0.05, 0) is 6.07 Å². The first-order valence-corrected chi connectivity index (χ1v) is 8.31. The molecule has 0 fully saturated rings. The Morgan fingerprint density at radius 3 is 2.58 bits per heavy atom. The van der Waals surface area contributed by atoms with Crippen molar-refractivity contribution in [2.75, 3.05) is 0 Å². The van der Waals surface area contributed by atoms with Crippen molar-refractivity contribution in [2.45, 2.75) is 0 Å². The van der Waals surface area contributed by atoms with E-state index in [0.29, 0.717) is 10.8 Å². The molecule has 4 rings (SSSR count). The Bertz CT molecular complexity index is 1030. The Balaban J connectivity index is 1.70. The maximum atomic E-state index is 10.3. The van der Waals surface area contributed by atoms with E-state index in [1.165, 1.54) is 11.3 Å². The number of azo groups is 1. The van der Waals surface area contributed by atoms with E-state index in [4.69, 9.17) is 0 Å². The third-order valence-electron chi connectivity index (χ3n) is 3.85. The van der Waals surface area contributed by atoms with Gasteiger partial charge in [0.2, 0.25) is 11.0 Å². The third-order valence-corrected chi connectivity index (χ3v) is 4.57. The highest BCUT2D eigenvalue weighted by molar-refractivity contribution is 7.13. The van der Waals surface area contributed by atoms with E-state index >= 15 is 0 Å². The van der Waals surface area contributed by atoms with Crippen molar-refractivity contribution in [3.63, 3.8) is 0 Å². The van der Waals surface area contributed by atoms with Crippen LogP contribution in [0.15, 0.2) is 70.2 Å². The number of nitrogens with zero attached hydrogens (tertiary/aromatic N) is 4. The van der Waals surface area contributed by atoms with Gasteiger partial charge in [0.15, 0.2) is 5.69 Å². The molecule has 2 heterocycles. The molecule has 0 spiro atoms. The zero-order valence-corrected chi connectivity index (χ0v) is 13.7. The quantitative estimate of drug-likeness (QED) is 0.508. The van der Waals surface area contributed by atoms with Gasteiger partial charge in [0.05, 0.1) is 11.2 Å². The van der Waals surface area contributed by atoms with E-state index in [0.717, 1.165) is 22.2 Å². The summed E-state index contributed by atoms with van der Waals surface area (Å²) in [5, 5.41) is 22.1. The van der Waals surface area contributed by atoms with Crippen LogP contribution in [0.2, 0.25) is 0 Å². The number of benzene rings is 2. The maximum absolute atomic E-state index is 10.3. The molecular formula is C18H14N4OS. The van der Waals surface area contributed by atoms with Crippen LogP contribution in [0.4, 0.5) is 10.8 Å². The van der Waals surface area contributed by atoms with Gasteiger partial charge in [-0.2, -0.15) is 0 Å². The van der Waals surface area contributed by atoms with Crippen LogP contribution in [0.1, 0.15) is 0 Å². The smallest absolute Gasteiger partial charge is 0.230 e. The summed E-state index contributed by atoms with van der Waals surface area (Å²) in [7, 11) is 1.80. The molecular weight excluding hydrogens is 320 g/mol.